The summed E-state index contributed by atoms with van der Waals surface area (Å²) in [5, 5.41) is 0.932. The average Bonchev–Trinajstić information content (AvgIpc) is 2.37. The monoisotopic (exact) mass is 309 g/mol. The molecule has 0 saturated heterocycles. The topological polar surface area (TPSA) is 21.6 Å². The van der Waals surface area contributed by atoms with Crippen LogP contribution in [0.15, 0.2) is 29.3 Å². The van der Waals surface area contributed by atoms with Crippen LogP contribution in [-0.2, 0) is 4.74 Å². The number of aliphatic imine (C=N–C) groups is 1. The van der Waals surface area contributed by atoms with Gasteiger partial charge in [-0.25, -0.2) is 9.38 Å². The lowest BCUT2D eigenvalue weighted by Gasteiger charge is -2.40. The lowest BCUT2D eigenvalue weighted by Crippen LogP contribution is -2.40. The van der Waals surface area contributed by atoms with E-state index in [-0.39, 0.29) is 28.3 Å². The second kappa shape index (κ2) is 5.73. The van der Waals surface area contributed by atoms with E-state index in [1.807, 2.05) is 0 Å². The molecule has 1 aromatic carbocycles. The molecule has 0 fully saturated rings. The Morgan fingerprint density at radius 3 is 2.05 bits per heavy atom. The van der Waals surface area contributed by atoms with Gasteiger partial charge in [-0.3, -0.25) is 0 Å². The number of thioether (sulfide) groups is 1. The summed E-state index contributed by atoms with van der Waals surface area (Å²) < 4.78 is 19.3. The molecule has 2 unspecified atom stereocenters. The van der Waals surface area contributed by atoms with Gasteiger partial charge in [0.15, 0.2) is 6.23 Å². The van der Waals surface area contributed by atoms with Crippen LogP contribution >= 0.6 is 11.8 Å². The van der Waals surface area contributed by atoms with Gasteiger partial charge in [-0.05, 0) is 29.7 Å². The second-order valence-corrected chi connectivity index (χ2v) is 8.66. The van der Waals surface area contributed by atoms with Gasteiger partial charge in [0.2, 0.25) is 0 Å². The van der Waals surface area contributed by atoms with Crippen LogP contribution in [0, 0.1) is 16.6 Å². The van der Waals surface area contributed by atoms with E-state index in [1.54, 1.807) is 23.9 Å². The summed E-state index contributed by atoms with van der Waals surface area (Å²) in [5.74, 6) is -0.226. The zero-order chi connectivity index (χ0) is 15.8. The highest BCUT2D eigenvalue weighted by Gasteiger charge is 2.38. The number of nitrogens with zero attached hydrogens (tertiary/aromatic N) is 1. The van der Waals surface area contributed by atoms with E-state index in [4.69, 9.17) is 9.73 Å². The summed E-state index contributed by atoms with van der Waals surface area (Å²) in [6.45, 7) is 12.9. The van der Waals surface area contributed by atoms with Crippen molar-refractivity contribution in [3.63, 3.8) is 0 Å². The summed E-state index contributed by atoms with van der Waals surface area (Å²) in [6, 6.07) is 6.52. The molecule has 0 aliphatic carbocycles. The Bertz CT molecular complexity index is 525. The maximum atomic E-state index is 13.1. The molecular weight excluding hydrogens is 285 g/mol. The van der Waals surface area contributed by atoms with Crippen molar-refractivity contribution in [3.05, 3.63) is 35.6 Å². The van der Waals surface area contributed by atoms with Gasteiger partial charge in [-0.1, -0.05) is 53.3 Å². The minimum absolute atomic E-state index is 0.00931. The zero-order valence-electron chi connectivity index (χ0n) is 13.6. The fourth-order valence-electron chi connectivity index (χ4n) is 1.93. The lowest BCUT2D eigenvalue weighted by atomic mass is 9.93. The van der Waals surface area contributed by atoms with E-state index in [0.717, 1.165) is 10.6 Å². The van der Waals surface area contributed by atoms with Crippen LogP contribution in [0.25, 0.3) is 0 Å². The minimum atomic E-state index is -0.226. The van der Waals surface area contributed by atoms with Crippen molar-refractivity contribution < 1.29 is 9.13 Å². The van der Waals surface area contributed by atoms with E-state index in [1.165, 1.54) is 12.1 Å². The Morgan fingerprint density at radius 1 is 1.00 bits per heavy atom. The molecule has 0 bridgehead atoms. The van der Waals surface area contributed by atoms with Crippen LogP contribution in [0.3, 0.4) is 0 Å². The number of hydrogen-bond donors (Lipinski definition) is 0. The fourth-order valence-corrected chi connectivity index (χ4v) is 3.07. The van der Waals surface area contributed by atoms with E-state index >= 15 is 0 Å². The van der Waals surface area contributed by atoms with E-state index in [2.05, 4.69) is 41.5 Å². The highest BCUT2D eigenvalue weighted by atomic mass is 32.2. The Morgan fingerprint density at radius 2 is 1.57 bits per heavy atom. The highest BCUT2D eigenvalue weighted by molar-refractivity contribution is 8.14. The van der Waals surface area contributed by atoms with Crippen LogP contribution in [0.5, 0.6) is 0 Å². The van der Waals surface area contributed by atoms with Gasteiger partial charge in [0.1, 0.15) is 16.3 Å². The quantitative estimate of drug-likeness (QED) is 0.721. The van der Waals surface area contributed by atoms with Crippen molar-refractivity contribution in [1.82, 2.24) is 0 Å². The molecule has 1 aromatic rings. The van der Waals surface area contributed by atoms with Crippen LogP contribution in [0.2, 0.25) is 0 Å². The molecule has 2 nitrogen and oxygen atoms in total. The second-order valence-electron chi connectivity index (χ2n) is 7.61. The minimum Gasteiger partial charge on any atom is -0.341 e. The summed E-state index contributed by atoms with van der Waals surface area (Å²) in [7, 11) is 0. The van der Waals surface area contributed by atoms with Crippen LogP contribution in [-0.4, -0.2) is 16.7 Å². The Kier molecular flexibility index (Phi) is 4.50. The van der Waals surface area contributed by atoms with E-state index in [9.17, 15) is 4.39 Å². The first-order valence-corrected chi connectivity index (χ1v) is 8.11. The summed E-state index contributed by atoms with van der Waals surface area (Å²) >= 11 is 1.62. The molecule has 0 amide bonds. The lowest BCUT2D eigenvalue weighted by molar-refractivity contribution is -0.0616. The Balaban J connectivity index is 2.37. The molecule has 2 atom stereocenters. The number of benzene rings is 1. The molecule has 0 radical (unpaired) electrons. The van der Waals surface area contributed by atoms with Crippen molar-refractivity contribution in [3.8, 4) is 0 Å². The highest BCUT2D eigenvalue weighted by Crippen LogP contribution is 2.41. The van der Waals surface area contributed by atoms with E-state index < -0.39 is 0 Å². The summed E-state index contributed by atoms with van der Waals surface area (Å²) in [6.07, 6.45) is -0.192. The average molecular weight is 309 g/mol. The molecule has 21 heavy (non-hydrogen) atoms. The van der Waals surface area contributed by atoms with Gasteiger partial charge < -0.3 is 4.74 Å². The molecule has 116 valence electrons. The fraction of sp³-hybridized carbons (Fsp3) is 0.588. The first-order chi connectivity index (χ1) is 9.57. The predicted molar refractivity (Wildman–Crippen MR) is 88.1 cm³/mol. The SMILES string of the molecule is CC(C)(C)C1N=C(c2ccc(F)cc2)SC(C(C)(C)C)O1. The first kappa shape index (κ1) is 16.5. The number of halogens is 1. The number of hydrogen-bond acceptors (Lipinski definition) is 3. The Hall–Kier alpha value is -0.870. The molecule has 1 aliphatic rings. The molecular formula is C17H24FNOS. The van der Waals surface area contributed by atoms with Crippen molar-refractivity contribution in [1.29, 1.82) is 0 Å². The van der Waals surface area contributed by atoms with Crippen LogP contribution in [0.1, 0.15) is 47.1 Å². The largest absolute Gasteiger partial charge is 0.341 e. The third kappa shape index (κ3) is 4.07. The van der Waals surface area contributed by atoms with Crippen LogP contribution < -0.4 is 0 Å². The molecule has 1 aliphatic heterocycles. The van der Waals surface area contributed by atoms with Gasteiger partial charge in [-0.15, -0.1) is 0 Å². The molecule has 0 saturated carbocycles. The van der Waals surface area contributed by atoms with Crippen molar-refractivity contribution in [2.24, 2.45) is 15.8 Å². The van der Waals surface area contributed by atoms with Gasteiger partial charge in [0, 0.05) is 11.0 Å². The number of ether oxygens (including phenoxy) is 1. The maximum Gasteiger partial charge on any atom is 0.155 e. The van der Waals surface area contributed by atoms with Crippen molar-refractivity contribution >= 4 is 16.8 Å². The van der Waals surface area contributed by atoms with Gasteiger partial charge in [0.25, 0.3) is 0 Å². The Labute approximate surface area is 131 Å². The summed E-state index contributed by atoms with van der Waals surface area (Å²) in [4.78, 5) is 4.75. The molecule has 4 heteroatoms. The zero-order valence-corrected chi connectivity index (χ0v) is 14.4. The van der Waals surface area contributed by atoms with Gasteiger partial charge >= 0.3 is 0 Å². The molecule has 1 heterocycles. The predicted octanol–water partition coefficient (Wildman–Crippen LogP) is 5.08. The normalized spacial score (nSPS) is 23.9. The maximum absolute atomic E-state index is 13.1. The van der Waals surface area contributed by atoms with E-state index in [0.29, 0.717) is 0 Å². The summed E-state index contributed by atoms with van der Waals surface area (Å²) in [5.41, 5.74) is 0.915. The third-order valence-electron chi connectivity index (χ3n) is 3.24. The third-order valence-corrected chi connectivity index (χ3v) is 4.84. The smallest absolute Gasteiger partial charge is 0.155 e. The molecule has 0 N–H and O–H groups in total. The first-order valence-electron chi connectivity index (χ1n) is 7.23. The van der Waals surface area contributed by atoms with Gasteiger partial charge in [-0.2, -0.15) is 0 Å². The molecule has 0 aromatic heterocycles. The van der Waals surface area contributed by atoms with Gasteiger partial charge in [0.05, 0.1) is 0 Å². The van der Waals surface area contributed by atoms with Crippen molar-refractivity contribution in [2.45, 2.75) is 53.2 Å². The number of rotatable bonds is 1. The standard InChI is InChI=1S/C17H24FNOS/c1-16(2,3)14-19-13(11-7-9-12(18)10-8-11)21-15(20-14)17(4,5)6/h7-10,14-15H,1-6H3. The molecule has 0 spiro atoms. The van der Waals surface area contributed by atoms with Crippen LogP contribution in [0.4, 0.5) is 4.39 Å². The van der Waals surface area contributed by atoms with Crippen molar-refractivity contribution in [2.75, 3.05) is 0 Å². The molecule has 2 rings (SSSR count).